The van der Waals surface area contributed by atoms with Gasteiger partial charge in [-0.05, 0) is 50.8 Å². The van der Waals surface area contributed by atoms with Crippen LogP contribution in [0.3, 0.4) is 0 Å². The van der Waals surface area contributed by atoms with Crippen LogP contribution in [0.5, 0.6) is 0 Å². The van der Waals surface area contributed by atoms with Gasteiger partial charge in [0.05, 0.1) is 60.0 Å². The number of carbonyl (C=O) groups is 3. The molecule has 18 nitrogen and oxygen atoms in total. The highest BCUT2D eigenvalue weighted by atomic mass is 35.5. The predicted octanol–water partition coefficient (Wildman–Crippen LogP) is 2.98. The highest BCUT2D eigenvalue weighted by molar-refractivity contribution is 6.36. The van der Waals surface area contributed by atoms with Crippen molar-refractivity contribution < 1.29 is 23.9 Å². The summed E-state index contributed by atoms with van der Waals surface area (Å²) >= 11 is 6.98. The third-order valence-electron chi connectivity index (χ3n) is 8.43. The fraction of sp³-hybridized carbons (Fsp3) is 0.515. The topological polar surface area (TPSA) is 264 Å². The fourth-order valence-electron chi connectivity index (χ4n) is 5.66. The van der Waals surface area contributed by atoms with E-state index in [1.165, 1.54) is 23.9 Å². The third kappa shape index (κ3) is 11.1. The van der Waals surface area contributed by atoms with Gasteiger partial charge in [-0.3, -0.25) is 4.79 Å². The van der Waals surface area contributed by atoms with Crippen molar-refractivity contribution in [2.45, 2.75) is 70.7 Å². The number of rotatable bonds is 15. The van der Waals surface area contributed by atoms with Crippen LogP contribution in [-0.4, -0.2) is 95.1 Å². The summed E-state index contributed by atoms with van der Waals surface area (Å²) < 4.78 is 12.2. The van der Waals surface area contributed by atoms with Gasteiger partial charge in [-0.25, -0.2) is 14.6 Å². The number of carbonyl (C=O) groups excluding carboxylic acids is 3. The summed E-state index contributed by atoms with van der Waals surface area (Å²) in [6.45, 7) is 6.82. The number of hydrogen-bond donors (Lipinski definition) is 6. The summed E-state index contributed by atoms with van der Waals surface area (Å²) in [5, 5.41) is 35.8. The van der Waals surface area contributed by atoms with Gasteiger partial charge >= 0.3 is 12.1 Å². The highest BCUT2D eigenvalue weighted by Crippen LogP contribution is 2.37. The molecular formula is C33H46Cl3N13O5. The normalized spacial score (nSPS) is 16.1. The first kappa shape index (κ1) is 45.3. The number of hydrogen-bond acceptors (Lipinski definition) is 15. The van der Waals surface area contributed by atoms with Crippen molar-refractivity contribution in [3.63, 3.8) is 0 Å². The van der Waals surface area contributed by atoms with E-state index < -0.39 is 42.2 Å². The number of ether oxygens (including phenoxy) is 2. The molecule has 54 heavy (non-hydrogen) atoms. The SMILES string of the molecule is CCNc1nc(Nc2cc(C#N)cc(N3CCC(NC(=O)OC)C(OC(=O)C(NC(=O)C(N)CCCCN)C(C)C)C3)c2Cl)nn2c(C#N)cnc12.Cl.Cl. The molecule has 3 heterocycles. The number of methoxy groups -OCH3 is 1. The van der Waals surface area contributed by atoms with Gasteiger partial charge in [0.15, 0.2) is 17.2 Å². The van der Waals surface area contributed by atoms with Gasteiger partial charge in [0.2, 0.25) is 11.9 Å². The van der Waals surface area contributed by atoms with E-state index in [9.17, 15) is 24.9 Å². The minimum absolute atomic E-state index is 0. The lowest BCUT2D eigenvalue weighted by molar-refractivity contribution is -0.156. The maximum Gasteiger partial charge on any atom is 0.407 e. The van der Waals surface area contributed by atoms with E-state index in [0.717, 1.165) is 6.42 Å². The van der Waals surface area contributed by atoms with Crippen molar-refractivity contribution in [3.05, 3.63) is 34.6 Å². The molecule has 0 radical (unpaired) electrons. The molecule has 1 aliphatic heterocycles. The molecule has 0 bridgehead atoms. The van der Waals surface area contributed by atoms with Gasteiger partial charge < -0.3 is 47.1 Å². The molecule has 2 aromatic heterocycles. The number of imidazole rings is 1. The first-order valence-corrected chi connectivity index (χ1v) is 17.3. The number of unbranched alkanes of at least 4 members (excludes halogenated alkanes) is 1. The second-order valence-corrected chi connectivity index (χ2v) is 12.9. The fourth-order valence-corrected chi connectivity index (χ4v) is 5.94. The van der Waals surface area contributed by atoms with Crippen LogP contribution in [0.4, 0.5) is 27.9 Å². The number of piperidine rings is 1. The van der Waals surface area contributed by atoms with Crippen molar-refractivity contribution in [2.24, 2.45) is 17.4 Å². The van der Waals surface area contributed by atoms with E-state index in [1.807, 2.05) is 17.9 Å². The van der Waals surface area contributed by atoms with Crippen molar-refractivity contribution in [1.82, 2.24) is 30.2 Å². The molecule has 8 N–H and O–H groups in total. The highest BCUT2D eigenvalue weighted by Gasteiger charge is 2.37. The molecule has 4 atom stereocenters. The van der Waals surface area contributed by atoms with Crippen LogP contribution in [0, 0.1) is 28.6 Å². The Balaban J connectivity index is 0.00000504. The largest absolute Gasteiger partial charge is 0.457 e. The molecule has 4 unspecified atom stereocenters. The number of halogens is 3. The number of amides is 2. The number of nitrogens with one attached hydrogen (secondary N) is 4. The zero-order valence-electron chi connectivity index (χ0n) is 30.3. The summed E-state index contributed by atoms with van der Waals surface area (Å²) in [6, 6.07) is 4.81. The maximum atomic E-state index is 13.7. The Hall–Kier alpha value is -4.85. The summed E-state index contributed by atoms with van der Waals surface area (Å²) in [6.07, 6.45) is 1.85. The van der Waals surface area contributed by atoms with E-state index in [-0.39, 0.29) is 59.5 Å². The Morgan fingerprint density at radius 2 is 1.91 bits per heavy atom. The van der Waals surface area contributed by atoms with Gasteiger partial charge in [-0.15, -0.1) is 29.9 Å². The molecule has 1 saturated heterocycles. The molecule has 2 amide bonds. The molecule has 21 heteroatoms. The van der Waals surface area contributed by atoms with Crippen molar-refractivity contribution in [1.29, 1.82) is 10.5 Å². The van der Waals surface area contributed by atoms with E-state index in [4.69, 9.17) is 32.5 Å². The Morgan fingerprint density at radius 3 is 2.54 bits per heavy atom. The average molecular weight is 811 g/mol. The van der Waals surface area contributed by atoms with Crippen molar-refractivity contribution in [3.8, 4) is 12.1 Å². The van der Waals surface area contributed by atoms with E-state index in [2.05, 4.69) is 42.4 Å². The lowest BCUT2D eigenvalue weighted by Gasteiger charge is -2.40. The molecule has 0 spiro atoms. The van der Waals surface area contributed by atoms with Crippen LogP contribution in [0.1, 0.15) is 57.7 Å². The zero-order chi connectivity index (χ0) is 37.9. The van der Waals surface area contributed by atoms with Crippen LogP contribution in [-0.2, 0) is 19.1 Å². The maximum absolute atomic E-state index is 13.7. The molecule has 0 aliphatic carbocycles. The lowest BCUT2D eigenvalue weighted by Crippen LogP contribution is -2.58. The number of fused-ring (bicyclic) bond motifs is 1. The number of anilines is 4. The predicted molar refractivity (Wildman–Crippen MR) is 207 cm³/mol. The van der Waals surface area contributed by atoms with Gasteiger partial charge in [0.1, 0.15) is 18.2 Å². The van der Waals surface area contributed by atoms with Gasteiger partial charge in [-0.2, -0.15) is 20.0 Å². The van der Waals surface area contributed by atoms with Gasteiger partial charge in [0, 0.05) is 13.1 Å². The van der Waals surface area contributed by atoms with Crippen LogP contribution in [0.2, 0.25) is 5.02 Å². The molecule has 1 aliphatic rings. The number of alkyl carbamates (subject to hydrolysis) is 1. The first-order chi connectivity index (χ1) is 24.9. The minimum atomic E-state index is -1.02. The monoisotopic (exact) mass is 809 g/mol. The number of nitrogens with two attached hydrogens (primary N) is 2. The first-order valence-electron chi connectivity index (χ1n) is 16.9. The van der Waals surface area contributed by atoms with Crippen molar-refractivity contribution >= 4 is 83.2 Å². The summed E-state index contributed by atoms with van der Waals surface area (Å²) in [4.78, 5) is 49.4. The van der Waals surface area contributed by atoms with Crippen LogP contribution in [0.15, 0.2) is 18.3 Å². The molecular weight excluding hydrogens is 765 g/mol. The van der Waals surface area contributed by atoms with Gasteiger partial charge in [-0.1, -0.05) is 31.9 Å². The minimum Gasteiger partial charge on any atom is -0.457 e. The Bertz CT molecular complexity index is 1850. The summed E-state index contributed by atoms with van der Waals surface area (Å²) in [5.41, 5.74) is 13.2. The van der Waals surface area contributed by atoms with Crippen molar-refractivity contribution in [2.75, 3.05) is 48.8 Å². The second-order valence-electron chi connectivity index (χ2n) is 12.5. The average Bonchev–Trinajstić information content (AvgIpc) is 3.55. The van der Waals surface area contributed by atoms with E-state index in [1.54, 1.807) is 19.9 Å². The number of esters is 1. The zero-order valence-corrected chi connectivity index (χ0v) is 32.7. The molecule has 4 rings (SSSR count). The molecule has 1 aromatic carbocycles. The quantitative estimate of drug-likeness (QED) is 0.0952. The van der Waals surface area contributed by atoms with Gasteiger partial charge in [0.25, 0.3) is 0 Å². The van der Waals surface area contributed by atoms with Crippen LogP contribution in [0.25, 0.3) is 5.65 Å². The molecule has 294 valence electrons. The summed E-state index contributed by atoms with van der Waals surface area (Å²) in [7, 11) is 1.23. The number of nitriles is 2. The Labute approximate surface area is 330 Å². The second kappa shape index (κ2) is 21.1. The Kier molecular flexibility index (Phi) is 17.7. The molecule has 3 aromatic rings. The lowest BCUT2D eigenvalue weighted by atomic mass is 9.99. The van der Waals surface area contributed by atoms with Crippen LogP contribution >= 0.6 is 36.4 Å². The summed E-state index contributed by atoms with van der Waals surface area (Å²) in [5.74, 6) is -1.09. The van der Waals surface area contributed by atoms with Crippen LogP contribution < -0.4 is 37.6 Å². The number of nitrogens with zero attached hydrogens (tertiary/aromatic N) is 7. The number of aromatic nitrogens is 4. The Morgan fingerprint density at radius 1 is 1.17 bits per heavy atom. The molecule has 0 saturated carbocycles. The standard InChI is InChI=1S/C33H44ClN13O5.2ClH/c1-5-39-28-29-40-16-20(15-37)47(29)45-32(44-28)41-23-12-19(14-36)13-24(26(23)34)46-11-9-22(42-33(50)51-4)25(17-46)52-31(49)27(18(2)3)43-30(48)21(38)8-6-7-10-35;;/h12-13,16,18,21-22,25,27H,5-11,17,35,38H2,1-4H3,(H,42,50)(H,43,48)(H2,39,41,44,45);2*1H. The van der Waals surface area contributed by atoms with E-state index in [0.29, 0.717) is 61.7 Å². The van der Waals surface area contributed by atoms with E-state index >= 15 is 0 Å². The number of benzene rings is 1. The third-order valence-corrected chi connectivity index (χ3v) is 8.83. The smallest absolute Gasteiger partial charge is 0.407 e. The molecule has 1 fully saturated rings.